The van der Waals surface area contributed by atoms with E-state index in [1.807, 2.05) is 12.1 Å². The van der Waals surface area contributed by atoms with Gasteiger partial charge in [0.05, 0.1) is 12.0 Å². The molecule has 4 N–H and O–H groups in total. The maximum Gasteiger partial charge on any atom is 0.243 e. The Morgan fingerprint density at radius 2 is 2.36 bits per heavy atom. The summed E-state index contributed by atoms with van der Waals surface area (Å²) in [5.41, 5.74) is 2.66. The molecule has 1 amide bonds. The number of amides is 1. The fraction of sp³-hybridized carbons (Fsp3) is 0.312. The van der Waals surface area contributed by atoms with Gasteiger partial charge in [-0.15, -0.1) is 0 Å². The maximum atomic E-state index is 12.4. The topological polar surface area (TPSA) is 124 Å². The van der Waals surface area contributed by atoms with Crippen LogP contribution < -0.4 is 10.6 Å². The predicted molar refractivity (Wildman–Crippen MR) is 89.4 cm³/mol. The number of imidazole rings is 1. The second-order valence-corrected chi connectivity index (χ2v) is 5.79. The van der Waals surface area contributed by atoms with E-state index in [0.717, 1.165) is 35.7 Å². The molecule has 9 nitrogen and oxygen atoms in total. The molecule has 4 heterocycles. The minimum absolute atomic E-state index is 0.0833. The number of nitrogens with zero attached hydrogens (tertiary/aromatic N) is 4. The van der Waals surface area contributed by atoms with Crippen molar-refractivity contribution in [3.63, 3.8) is 0 Å². The molecule has 0 aliphatic carbocycles. The van der Waals surface area contributed by atoms with Crippen molar-refractivity contribution in [2.24, 2.45) is 0 Å². The molecule has 0 saturated heterocycles. The van der Waals surface area contributed by atoms with E-state index in [4.69, 9.17) is 0 Å². The molecule has 0 bridgehead atoms. The lowest BCUT2D eigenvalue weighted by Crippen LogP contribution is -2.42. The van der Waals surface area contributed by atoms with Gasteiger partial charge in [0.15, 0.2) is 5.82 Å². The number of H-pyrrole nitrogens is 2. The average Bonchev–Trinajstić information content (AvgIpc) is 3.31. The number of aromatic amines is 2. The SMILES string of the molecule is O=C(NCCc1nc(-c2cccnc2)n[nH]1)[C@H]1NCCc2[nH]cnc21. The number of rotatable bonds is 5. The van der Waals surface area contributed by atoms with Crippen LogP contribution in [0.5, 0.6) is 0 Å². The van der Waals surface area contributed by atoms with Crippen LogP contribution >= 0.6 is 0 Å². The van der Waals surface area contributed by atoms with Crippen LogP contribution in [0.15, 0.2) is 30.9 Å². The molecule has 128 valence electrons. The van der Waals surface area contributed by atoms with Crippen LogP contribution in [0.1, 0.15) is 23.3 Å². The molecule has 0 aromatic carbocycles. The Kier molecular flexibility index (Phi) is 4.21. The third-order valence-corrected chi connectivity index (χ3v) is 4.12. The van der Waals surface area contributed by atoms with Gasteiger partial charge >= 0.3 is 0 Å². The zero-order valence-corrected chi connectivity index (χ0v) is 13.5. The molecule has 0 fully saturated rings. The Balaban J connectivity index is 1.33. The molecule has 0 unspecified atom stereocenters. The number of hydrogen-bond donors (Lipinski definition) is 4. The summed E-state index contributed by atoms with van der Waals surface area (Å²) in [5.74, 6) is 1.24. The number of carbonyl (C=O) groups excluding carboxylic acids is 1. The maximum absolute atomic E-state index is 12.4. The Morgan fingerprint density at radius 1 is 1.40 bits per heavy atom. The zero-order chi connectivity index (χ0) is 17.1. The van der Waals surface area contributed by atoms with E-state index < -0.39 is 6.04 Å². The van der Waals surface area contributed by atoms with E-state index in [1.165, 1.54) is 0 Å². The van der Waals surface area contributed by atoms with Crippen LogP contribution in [0.25, 0.3) is 11.4 Å². The highest BCUT2D eigenvalue weighted by atomic mass is 16.2. The minimum Gasteiger partial charge on any atom is -0.354 e. The first-order chi connectivity index (χ1) is 12.3. The van der Waals surface area contributed by atoms with Crippen LogP contribution in [0.2, 0.25) is 0 Å². The van der Waals surface area contributed by atoms with Gasteiger partial charge in [-0.05, 0) is 12.1 Å². The van der Waals surface area contributed by atoms with Gasteiger partial charge in [0.1, 0.15) is 11.9 Å². The van der Waals surface area contributed by atoms with E-state index >= 15 is 0 Å². The third-order valence-electron chi connectivity index (χ3n) is 4.12. The Hall–Kier alpha value is -3.07. The fourth-order valence-electron chi connectivity index (χ4n) is 2.87. The van der Waals surface area contributed by atoms with Crippen molar-refractivity contribution in [2.45, 2.75) is 18.9 Å². The van der Waals surface area contributed by atoms with Crippen molar-refractivity contribution in [2.75, 3.05) is 13.1 Å². The first-order valence-electron chi connectivity index (χ1n) is 8.16. The van der Waals surface area contributed by atoms with E-state index in [-0.39, 0.29) is 5.91 Å². The number of nitrogens with one attached hydrogen (secondary N) is 4. The molecule has 1 aliphatic heterocycles. The van der Waals surface area contributed by atoms with Crippen LogP contribution in [0.3, 0.4) is 0 Å². The summed E-state index contributed by atoms with van der Waals surface area (Å²) >= 11 is 0. The van der Waals surface area contributed by atoms with Crippen molar-refractivity contribution in [1.82, 2.24) is 40.8 Å². The van der Waals surface area contributed by atoms with E-state index in [9.17, 15) is 4.79 Å². The molecule has 3 aromatic heterocycles. The molecule has 1 atom stereocenters. The van der Waals surface area contributed by atoms with Crippen molar-refractivity contribution in [1.29, 1.82) is 0 Å². The number of carbonyl (C=O) groups is 1. The number of fused-ring (bicyclic) bond motifs is 1. The Labute approximate surface area is 143 Å². The van der Waals surface area contributed by atoms with Crippen molar-refractivity contribution >= 4 is 5.91 Å². The quantitative estimate of drug-likeness (QED) is 0.524. The molecule has 9 heteroatoms. The highest BCUT2D eigenvalue weighted by molar-refractivity contribution is 5.83. The summed E-state index contributed by atoms with van der Waals surface area (Å²) in [4.78, 5) is 28.2. The first kappa shape index (κ1) is 15.5. The summed E-state index contributed by atoms with van der Waals surface area (Å²) in [6, 6.07) is 3.33. The molecule has 0 saturated carbocycles. The lowest BCUT2D eigenvalue weighted by molar-refractivity contribution is -0.123. The number of pyridine rings is 1. The Bertz CT molecular complexity index is 856. The summed E-state index contributed by atoms with van der Waals surface area (Å²) in [7, 11) is 0. The zero-order valence-electron chi connectivity index (χ0n) is 13.5. The van der Waals surface area contributed by atoms with Crippen LogP contribution in [0.4, 0.5) is 0 Å². The van der Waals surface area contributed by atoms with E-state index in [0.29, 0.717) is 18.8 Å². The summed E-state index contributed by atoms with van der Waals surface area (Å²) in [6.07, 6.45) is 6.47. The van der Waals surface area contributed by atoms with Gasteiger partial charge in [0.25, 0.3) is 0 Å². The van der Waals surface area contributed by atoms with Gasteiger partial charge in [-0.25, -0.2) is 9.97 Å². The van der Waals surface area contributed by atoms with Gasteiger partial charge in [-0.2, -0.15) is 5.10 Å². The van der Waals surface area contributed by atoms with Crippen LogP contribution in [-0.2, 0) is 17.6 Å². The minimum atomic E-state index is -0.407. The predicted octanol–water partition coefficient (Wildman–Crippen LogP) is 0.136. The second-order valence-electron chi connectivity index (χ2n) is 5.79. The largest absolute Gasteiger partial charge is 0.354 e. The van der Waals surface area contributed by atoms with Crippen LogP contribution in [0, 0.1) is 0 Å². The summed E-state index contributed by atoms with van der Waals surface area (Å²) < 4.78 is 0. The Morgan fingerprint density at radius 3 is 3.24 bits per heavy atom. The molecule has 25 heavy (non-hydrogen) atoms. The average molecular weight is 338 g/mol. The van der Waals surface area contributed by atoms with Gasteiger partial charge in [0, 0.05) is 49.6 Å². The molecule has 1 aliphatic rings. The highest BCUT2D eigenvalue weighted by Gasteiger charge is 2.28. The first-order valence-corrected chi connectivity index (χ1v) is 8.16. The molecule has 0 radical (unpaired) electrons. The van der Waals surface area contributed by atoms with E-state index in [1.54, 1.807) is 18.7 Å². The van der Waals surface area contributed by atoms with Gasteiger partial charge in [-0.3, -0.25) is 14.9 Å². The lowest BCUT2D eigenvalue weighted by Gasteiger charge is -2.22. The summed E-state index contributed by atoms with van der Waals surface area (Å²) in [5, 5.41) is 13.2. The lowest BCUT2D eigenvalue weighted by atomic mass is 10.1. The molecule has 0 spiro atoms. The molecular formula is C16H18N8O. The normalized spacial score (nSPS) is 16.4. The van der Waals surface area contributed by atoms with Crippen molar-refractivity contribution in [3.05, 3.63) is 48.1 Å². The van der Waals surface area contributed by atoms with Gasteiger partial charge < -0.3 is 15.6 Å². The second kappa shape index (κ2) is 6.81. The van der Waals surface area contributed by atoms with Crippen molar-refractivity contribution < 1.29 is 4.79 Å². The fourth-order valence-corrected chi connectivity index (χ4v) is 2.87. The highest BCUT2D eigenvalue weighted by Crippen LogP contribution is 2.19. The monoisotopic (exact) mass is 338 g/mol. The number of hydrogen-bond acceptors (Lipinski definition) is 6. The third kappa shape index (κ3) is 3.26. The number of aromatic nitrogens is 6. The molecular weight excluding hydrogens is 320 g/mol. The molecule has 3 aromatic rings. The molecule has 4 rings (SSSR count). The summed E-state index contributed by atoms with van der Waals surface area (Å²) in [6.45, 7) is 1.22. The van der Waals surface area contributed by atoms with Gasteiger partial charge in [-0.1, -0.05) is 0 Å². The van der Waals surface area contributed by atoms with Crippen molar-refractivity contribution in [3.8, 4) is 11.4 Å². The van der Waals surface area contributed by atoms with E-state index in [2.05, 4.69) is 40.8 Å². The standard InChI is InChI=1S/C16H18N8O/c25-16(14-13-11(3-6-18-14)20-9-21-13)19-7-4-12-22-15(24-23-12)10-2-1-5-17-8-10/h1-2,5,8-9,14,18H,3-4,6-7H2,(H,19,25)(H,20,21)(H,22,23,24)/t14-/m0/s1. The smallest absolute Gasteiger partial charge is 0.243 e. The van der Waals surface area contributed by atoms with Crippen LogP contribution in [-0.4, -0.2) is 49.1 Å². The van der Waals surface area contributed by atoms with Gasteiger partial charge in [0.2, 0.25) is 5.91 Å².